The molecule has 2 aliphatic heterocycles. The predicted octanol–water partition coefficient (Wildman–Crippen LogP) is 4.89. The number of rotatable bonds is 3. The maximum Gasteiger partial charge on any atom is 0.0576 e. The number of nitrogens with zero attached hydrogens (tertiary/aromatic N) is 1. The lowest BCUT2D eigenvalue weighted by Crippen LogP contribution is -2.59. The second-order valence-electron chi connectivity index (χ2n) is 10.5. The van der Waals surface area contributed by atoms with Gasteiger partial charge < -0.3 is 11.1 Å². The maximum atomic E-state index is 6.20. The maximum absolute atomic E-state index is 6.20. The van der Waals surface area contributed by atoms with Crippen LogP contribution in [0.5, 0.6) is 0 Å². The molecule has 3 aliphatic carbocycles. The molecule has 2 saturated heterocycles. The van der Waals surface area contributed by atoms with Crippen LogP contribution in [0.3, 0.4) is 0 Å². The summed E-state index contributed by atoms with van der Waals surface area (Å²) < 4.78 is 0. The minimum Gasteiger partial charge on any atom is -0.397 e. The number of fused-ring (bicyclic) bond motifs is 3. The first-order valence-corrected chi connectivity index (χ1v) is 11.6. The second-order valence-corrected chi connectivity index (χ2v) is 10.5. The van der Waals surface area contributed by atoms with E-state index in [1.54, 1.807) is 19.3 Å². The van der Waals surface area contributed by atoms with E-state index >= 15 is 0 Å². The van der Waals surface area contributed by atoms with Crippen LogP contribution in [0.25, 0.3) is 0 Å². The first-order valence-electron chi connectivity index (χ1n) is 11.6. The summed E-state index contributed by atoms with van der Waals surface area (Å²) in [6.45, 7) is 0. The molecule has 3 nitrogen and oxygen atoms in total. The molecule has 0 amide bonds. The first kappa shape index (κ1) is 16.7. The van der Waals surface area contributed by atoms with Crippen LogP contribution in [0.4, 0.5) is 11.4 Å². The average molecular weight is 366 g/mol. The van der Waals surface area contributed by atoms with Crippen molar-refractivity contribution in [3.8, 4) is 0 Å². The Morgan fingerprint density at radius 2 is 1.59 bits per heavy atom. The van der Waals surface area contributed by atoms with Crippen LogP contribution < -0.4 is 11.1 Å². The molecule has 146 valence electrons. The van der Waals surface area contributed by atoms with Crippen molar-refractivity contribution < 1.29 is 0 Å². The van der Waals surface area contributed by atoms with E-state index < -0.39 is 0 Å². The standard InChI is InChI=1S/C24H35N3/c25-23-6-1-2-7-24(23)26-18-13-19-4-3-5-20(14-18)27(19)21-9-15-8-16-11-17(12-21)22(16)10-15/h1-2,6-7,15-22,26H,3-5,8-14,25H2/t15-,16+,17+,18?,19-,20+,21-,22?/m1/s1. The van der Waals surface area contributed by atoms with Gasteiger partial charge in [-0.3, -0.25) is 4.90 Å². The summed E-state index contributed by atoms with van der Waals surface area (Å²) in [4.78, 5) is 3.06. The topological polar surface area (TPSA) is 41.3 Å². The van der Waals surface area contributed by atoms with Gasteiger partial charge in [0.2, 0.25) is 0 Å². The van der Waals surface area contributed by atoms with Crippen molar-refractivity contribution in [3.05, 3.63) is 24.3 Å². The number of piperidine rings is 2. The lowest BCUT2D eigenvalue weighted by molar-refractivity contribution is -0.0335. The molecule has 2 heterocycles. The van der Waals surface area contributed by atoms with E-state index in [4.69, 9.17) is 5.73 Å². The van der Waals surface area contributed by atoms with Gasteiger partial charge in [-0.25, -0.2) is 0 Å². The van der Waals surface area contributed by atoms with Crippen LogP contribution in [0.2, 0.25) is 0 Å². The van der Waals surface area contributed by atoms with Gasteiger partial charge in [-0.15, -0.1) is 0 Å². The molecule has 1 aromatic rings. The quantitative estimate of drug-likeness (QED) is 0.749. The van der Waals surface area contributed by atoms with Gasteiger partial charge in [0, 0.05) is 24.2 Å². The van der Waals surface area contributed by atoms with Gasteiger partial charge in [-0.1, -0.05) is 18.6 Å². The SMILES string of the molecule is Nc1ccccc1NC1C[C@H]2CCC[C@@H](C1)N2[C@@H]1C[C@@H]2CC3[C@@H](C2)C[C@H]3C1. The second kappa shape index (κ2) is 6.40. The van der Waals surface area contributed by atoms with Gasteiger partial charge in [0.1, 0.15) is 0 Å². The van der Waals surface area contributed by atoms with E-state index in [-0.39, 0.29) is 0 Å². The zero-order valence-electron chi connectivity index (χ0n) is 16.5. The Labute approximate surface area is 164 Å². The summed E-state index contributed by atoms with van der Waals surface area (Å²) in [5.74, 6) is 4.39. The molecule has 2 unspecified atom stereocenters. The van der Waals surface area contributed by atoms with Crippen molar-refractivity contribution in [2.75, 3.05) is 11.1 Å². The molecule has 1 aromatic carbocycles. The Hall–Kier alpha value is -1.22. The zero-order valence-corrected chi connectivity index (χ0v) is 16.5. The van der Waals surface area contributed by atoms with E-state index in [1.165, 1.54) is 44.9 Å². The highest BCUT2D eigenvalue weighted by atomic mass is 15.2. The summed E-state index contributed by atoms with van der Waals surface area (Å²) in [6.07, 6.45) is 14.6. The Kier molecular flexibility index (Phi) is 3.96. The van der Waals surface area contributed by atoms with Gasteiger partial charge in [0.15, 0.2) is 0 Å². The molecule has 5 fully saturated rings. The Bertz CT molecular complexity index is 685. The minimum atomic E-state index is 0.594. The third kappa shape index (κ3) is 2.80. The van der Waals surface area contributed by atoms with Crippen molar-refractivity contribution in [1.82, 2.24) is 4.90 Å². The summed E-state index contributed by atoms with van der Waals surface area (Å²) in [6, 6.07) is 11.4. The van der Waals surface area contributed by atoms with Crippen LogP contribution in [-0.2, 0) is 0 Å². The fourth-order valence-electron chi connectivity index (χ4n) is 8.01. The summed E-state index contributed by atoms with van der Waals surface area (Å²) in [7, 11) is 0. The van der Waals surface area contributed by atoms with E-state index in [2.05, 4.69) is 22.3 Å². The largest absolute Gasteiger partial charge is 0.397 e. The molecular formula is C24H35N3. The molecule has 6 rings (SSSR count). The smallest absolute Gasteiger partial charge is 0.0576 e. The Balaban J connectivity index is 1.19. The van der Waals surface area contributed by atoms with E-state index in [1.807, 2.05) is 12.1 Å². The number of nitrogens with one attached hydrogen (secondary N) is 1. The van der Waals surface area contributed by atoms with Crippen molar-refractivity contribution in [2.45, 2.75) is 88.4 Å². The molecule has 0 aromatic heterocycles. The number of nitrogen functional groups attached to an aromatic ring is 1. The Morgan fingerprint density at radius 3 is 2.41 bits per heavy atom. The lowest BCUT2D eigenvalue weighted by atomic mass is 9.64. The number of benzene rings is 1. The molecule has 0 radical (unpaired) electrons. The highest BCUT2D eigenvalue weighted by Gasteiger charge is 2.53. The molecule has 4 bridgehead atoms. The van der Waals surface area contributed by atoms with Gasteiger partial charge in [0.25, 0.3) is 0 Å². The lowest BCUT2D eigenvalue weighted by Gasteiger charge is -2.54. The molecule has 3 N–H and O–H groups in total. The predicted molar refractivity (Wildman–Crippen MR) is 112 cm³/mol. The van der Waals surface area contributed by atoms with Crippen LogP contribution in [0.15, 0.2) is 24.3 Å². The third-order valence-electron chi connectivity index (χ3n) is 9.01. The Morgan fingerprint density at radius 1 is 0.815 bits per heavy atom. The highest BCUT2D eigenvalue weighted by Crippen LogP contribution is 2.59. The van der Waals surface area contributed by atoms with Crippen LogP contribution >= 0.6 is 0 Å². The van der Waals surface area contributed by atoms with Crippen molar-refractivity contribution in [3.63, 3.8) is 0 Å². The minimum absolute atomic E-state index is 0.594. The zero-order chi connectivity index (χ0) is 18.0. The third-order valence-corrected chi connectivity index (χ3v) is 9.01. The summed E-state index contributed by atoms with van der Waals surface area (Å²) in [5.41, 5.74) is 8.23. The number of nitrogens with two attached hydrogens (primary N) is 1. The van der Waals surface area contributed by atoms with E-state index in [0.717, 1.165) is 53.2 Å². The first-order chi connectivity index (χ1) is 13.2. The summed E-state index contributed by atoms with van der Waals surface area (Å²) >= 11 is 0. The van der Waals surface area contributed by atoms with Crippen LogP contribution in [-0.4, -0.2) is 29.1 Å². The van der Waals surface area contributed by atoms with Crippen molar-refractivity contribution in [1.29, 1.82) is 0 Å². The normalized spacial score (nSPS) is 45.8. The molecule has 0 spiro atoms. The van der Waals surface area contributed by atoms with Crippen molar-refractivity contribution in [2.24, 2.45) is 23.7 Å². The average Bonchev–Trinajstić information content (AvgIpc) is 2.86. The van der Waals surface area contributed by atoms with E-state index in [0.29, 0.717) is 6.04 Å². The van der Waals surface area contributed by atoms with Gasteiger partial charge in [0.05, 0.1) is 11.4 Å². The number of para-hydroxylation sites is 2. The highest BCUT2D eigenvalue weighted by molar-refractivity contribution is 5.66. The molecule has 27 heavy (non-hydrogen) atoms. The van der Waals surface area contributed by atoms with E-state index in [9.17, 15) is 0 Å². The molecule has 5 aliphatic rings. The summed E-state index contributed by atoms with van der Waals surface area (Å²) in [5, 5.41) is 3.81. The van der Waals surface area contributed by atoms with Gasteiger partial charge >= 0.3 is 0 Å². The number of hydrogen-bond acceptors (Lipinski definition) is 3. The van der Waals surface area contributed by atoms with Crippen molar-refractivity contribution >= 4 is 11.4 Å². The monoisotopic (exact) mass is 365 g/mol. The molecule has 8 atom stereocenters. The molecular weight excluding hydrogens is 330 g/mol. The van der Waals surface area contributed by atoms with Crippen LogP contribution in [0.1, 0.15) is 64.2 Å². The number of hydrogen-bond donors (Lipinski definition) is 2. The van der Waals surface area contributed by atoms with Gasteiger partial charge in [-0.2, -0.15) is 0 Å². The fourth-order valence-corrected chi connectivity index (χ4v) is 8.01. The molecule has 3 saturated carbocycles. The fraction of sp³-hybridized carbons (Fsp3) is 0.750. The number of anilines is 2. The van der Waals surface area contributed by atoms with Crippen LogP contribution in [0, 0.1) is 23.7 Å². The molecule has 3 heteroatoms. The van der Waals surface area contributed by atoms with Gasteiger partial charge in [-0.05, 0) is 93.6 Å².